The van der Waals surface area contributed by atoms with E-state index in [0.717, 1.165) is 0 Å². The molecular weight excluding hydrogens is 186 g/mol. The molecule has 5 heteroatoms. The Labute approximate surface area is 82.7 Å². The molecule has 1 N–H and O–H groups in total. The van der Waals surface area contributed by atoms with Crippen molar-refractivity contribution >= 4 is 6.09 Å². The van der Waals surface area contributed by atoms with Crippen LogP contribution in [0.3, 0.4) is 0 Å². The maximum Gasteiger partial charge on any atom is 0.408 e. The van der Waals surface area contributed by atoms with E-state index in [1.54, 1.807) is 0 Å². The summed E-state index contributed by atoms with van der Waals surface area (Å²) < 4.78 is 15.4. The zero-order chi connectivity index (χ0) is 10.4. The Morgan fingerprint density at radius 3 is 2.50 bits per heavy atom. The monoisotopic (exact) mass is 201 g/mol. The predicted octanol–water partition coefficient (Wildman–Crippen LogP) is 0.636. The van der Waals surface area contributed by atoms with Gasteiger partial charge in [0.2, 0.25) is 5.79 Å². The highest BCUT2D eigenvalue weighted by atomic mass is 16.8. The molecule has 2 aliphatic heterocycles. The number of alkyl carbamates (subject to hydrolysis) is 1. The minimum atomic E-state index is -0.517. The van der Waals surface area contributed by atoms with Crippen LogP contribution in [0, 0.1) is 0 Å². The van der Waals surface area contributed by atoms with Crippen molar-refractivity contribution in [2.45, 2.75) is 38.2 Å². The molecule has 14 heavy (non-hydrogen) atoms. The molecule has 2 rings (SSSR count). The van der Waals surface area contributed by atoms with E-state index in [4.69, 9.17) is 14.2 Å². The minimum Gasteiger partial charge on any atom is -0.444 e. The number of ether oxygens (including phenoxy) is 3. The van der Waals surface area contributed by atoms with E-state index in [1.807, 2.05) is 20.8 Å². The molecule has 80 valence electrons. The maximum atomic E-state index is 11.3. The van der Waals surface area contributed by atoms with Gasteiger partial charge < -0.3 is 19.5 Å². The Kier molecular flexibility index (Phi) is 1.97. The Morgan fingerprint density at radius 1 is 1.50 bits per heavy atom. The summed E-state index contributed by atoms with van der Waals surface area (Å²) in [5, 5.41) is 2.71. The van der Waals surface area contributed by atoms with Gasteiger partial charge in [0, 0.05) is 0 Å². The number of hydrogen-bond donors (Lipinski definition) is 1. The zero-order valence-electron chi connectivity index (χ0n) is 8.62. The Morgan fingerprint density at radius 2 is 2.14 bits per heavy atom. The quantitative estimate of drug-likeness (QED) is 0.632. The lowest BCUT2D eigenvalue weighted by molar-refractivity contribution is -0.167. The van der Waals surface area contributed by atoms with Gasteiger partial charge in [-0.2, -0.15) is 0 Å². The third kappa shape index (κ3) is 1.83. The number of rotatable bonds is 1. The number of carbonyl (C=O) groups excluding carboxylic acids is 1. The molecule has 0 aromatic rings. The van der Waals surface area contributed by atoms with E-state index in [1.165, 1.54) is 0 Å². The Hall–Kier alpha value is -0.810. The summed E-state index contributed by atoms with van der Waals surface area (Å²) in [4.78, 5) is 11.3. The van der Waals surface area contributed by atoms with Gasteiger partial charge in [0.05, 0.1) is 6.61 Å². The fraction of sp³-hybridized carbons (Fsp3) is 0.889. The molecule has 2 saturated heterocycles. The van der Waals surface area contributed by atoms with Crippen LogP contribution in [0.15, 0.2) is 0 Å². The van der Waals surface area contributed by atoms with Gasteiger partial charge in [-0.05, 0) is 20.8 Å². The Balaban J connectivity index is 1.78. The van der Waals surface area contributed by atoms with Crippen molar-refractivity contribution in [1.82, 2.24) is 5.32 Å². The normalized spacial score (nSPS) is 34.9. The van der Waals surface area contributed by atoms with Gasteiger partial charge in [-0.3, -0.25) is 0 Å². The summed E-state index contributed by atoms with van der Waals surface area (Å²) in [5.41, 5.74) is -0.466. The highest BCUT2D eigenvalue weighted by molar-refractivity contribution is 5.68. The van der Waals surface area contributed by atoms with Crippen molar-refractivity contribution < 1.29 is 19.0 Å². The first-order valence-corrected chi connectivity index (χ1v) is 4.69. The van der Waals surface area contributed by atoms with Gasteiger partial charge in [0.1, 0.15) is 18.2 Å². The lowest BCUT2D eigenvalue weighted by Crippen LogP contribution is -2.59. The molecule has 0 saturated carbocycles. The molecule has 2 atom stereocenters. The van der Waals surface area contributed by atoms with Crippen molar-refractivity contribution in [2.75, 3.05) is 13.2 Å². The van der Waals surface area contributed by atoms with Gasteiger partial charge in [-0.25, -0.2) is 4.79 Å². The summed E-state index contributed by atoms with van der Waals surface area (Å²) in [5.74, 6) is -0.517. The first-order valence-electron chi connectivity index (χ1n) is 4.69. The van der Waals surface area contributed by atoms with Gasteiger partial charge in [-0.1, -0.05) is 0 Å². The van der Waals surface area contributed by atoms with Crippen LogP contribution in [0.1, 0.15) is 20.8 Å². The molecule has 5 nitrogen and oxygen atoms in total. The van der Waals surface area contributed by atoms with Crippen LogP contribution < -0.4 is 5.32 Å². The van der Waals surface area contributed by atoms with E-state index < -0.39 is 17.5 Å². The molecule has 2 aliphatic rings. The number of epoxide rings is 1. The highest BCUT2D eigenvalue weighted by Gasteiger charge is 2.61. The van der Waals surface area contributed by atoms with Crippen LogP contribution in [-0.4, -0.2) is 36.7 Å². The first kappa shape index (κ1) is 9.73. The van der Waals surface area contributed by atoms with E-state index in [-0.39, 0.29) is 6.04 Å². The van der Waals surface area contributed by atoms with Crippen LogP contribution in [0.5, 0.6) is 0 Å². The fourth-order valence-corrected chi connectivity index (χ4v) is 1.31. The van der Waals surface area contributed by atoms with Gasteiger partial charge in [0.25, 0.3) is 0 Å². The summed E-state index contributed by atoms with van der Waals surface area (Å²) in [7, 11) is 0. The highest BCUT2D eigenvalue weighted by Crippen LogP contribution is 2.40. The number of amides is 1. The average Bonchev–Trinajstić information content (AvgIpc) is 2.75. The van der Waals surface area contributed by atoms with E-state index in [0.29, 0.717) is 13.2 Å². The van der Waals surface area contributed by atoms with Gasteiger partial charge in [0.15, 0.2) is 0 Å². The van der Waals surface area contributed by atoms with Crippen molar-refractivity contribution in [3.63, 3.8) is 0 Å². The molecule has 0 aromatic heterocycles. The third-order valence-electron chi connectivity index (χ3n) is 2.15. The molecule has 0 bridgehead atoms. The second kappa shape index (κ2) is 2.84. The van der Waals surface area contributed by atoms with Crippen LogP contribution in [-0.2, 0) is 14.2 Å². The van der Waals surface area contributed by atoms with Crippen molar-refractivity contribution in [3.05, 3.63) is 0 Å². The average molecular weight is 201 g/mol. The van der Waals surface area contributed by atoms with Crippen LogP contribution in [0.25, 0.3) is 0 Å². The Bertz CT molecular complexity index is 254. The molecule has 0 aromatic carbocycles. The van der Waals surface area contributed by atoms with E-state index in [9.17, 15) is 4.79 Å². The molecule has 1 unspecified atom stereocenters. The molecule has 1 spiro atoms. The second-order valence-corrected chi connectivity index (χ2v) is 4.61. The predicted molar refractivity (Wildman–Crippen MR) is 47.8 cm³/mol. The molecule has 2 fully saturated rings. The topological polar surface area (TPSA) is 60.1 Å². The minimum absolute atomic E-state index is 0.0580. The largest absolute Gasteiger partial charge is 0.444 e. The number of hydrogen-bond acceptors (Lipinski definition) is 4. The van der Waals surface area contributed by atoms with Crippen LogP contribution in [0.4, 0.5) is 4.79 Å². The summed E-state index contributed by atoms with van der Waals surface area (Å²) >= 11 is 0. The van der Waals surface area contributed by atoms with E-state index in [2.05, 4.69) is 5.32 Å². The molecule has 2 heterocycles. The second-order valence-electron chi connectivity index (χ2n) is 4.61. The number of carbonyl (C=O) groups is 1. The van der Waals surface area contributed by atoms with Crippen molar-refractivity contribution in [3.8, 4) is 0 Å². The summed E-state index contributed by atoms with van der Waals surface area (Å²) in [6.45, 7) is 6.54. The molecule has 0 aliphatic carbocycles. The summed E-state index contributed by atoms with van der Waals surface area (Å²) in [6.07, 6.45) is -0.416. The van der Waals surface area contributed by atoms with Gasteiger partial charge >= 0.3 is 6.09 Å². The zero-order valence-corrected chi connectivity index (χ0v) is 8.62. The third-order valence-corrected chi connectivity index (χ3v) is 2.15. The van der Waals surface area contributed by atoms with Gasteiger partial charge in [-0.15, -0.1) is 0 Å². The molecule has 1 amide bonds. The molecule has 0 radical (unpaired) electrons. The van der Waals surface area contributed by atoms with Crippen molar-refractivity contribution in [2.24, 2.45) is 0 Å². The maximum absolute atomic E-state index is 11.3. The SMILES string of the molecule is CC(C)(C)OC(=O)N[C@@H]1COC12CO2. The first-order chi connectivity index (χ1) is 6.41. The number of nitrogens with one attached hydrogen (secondary N) is 1. The van der Waals surface area contributed by atoms with E-state index >= 15 is 0 Å². The smallest absolute Gasteiger partial charge is 0.408 e. The lowest BCUT2D eigenvalue weighted by Gasteiger charge is -2.34. The van der Waals surface area contributed by atoms with Crippen molar-refractivity contribution in [1.29, 1.82) is 0 Å². The lowest BCUT2D eigenvalue weighted by atomic mass is 10.1. The van der Waals surface area contributed by atoms with Crippen LogP contribution in [0.2, 0.25) is 0 Å². The van der Waals surface area contributed by atoms with Crippen LogP contribution >= 0.6 is 0 Å². The summed E-state index contributed by atoms with van der Waals surface area (Å²) in [6, 6.07) is -0.0580. The standard InChI is InChI=1S/C9H15NO4/c1-8(2,3)14-7(11)10-6-4-12-9(6)5-13-9/h6H,4-5H2,1-3H3,(H,10,11)/t6-,9?/m1/s1. The molecular formula is C9H15NO4. The fourth-order valence-electron chi connectivity index (χ4n) is 1.31.